The second kappa shape index (κ2) is 10.7. The Hall–Kier alpha value is -2.07. The first-order valence-electron chi connectivity index (χ1n) is 12.9. The normalized spacial score (nSPS) is 26.6. The van der Waals surface area contributed by atoms with Gasteiger partial charge in [-0.1, -0.05) is 12.1 Å². The molecule has 0 aromatic heterocycles. The van der Waals surface area contributed by atoms with Gasteiger partial charge in [0.2, 0.25) is 17.7 Å². The van der Waals surface area contributed by atoms with Crippen molar-refractivity contribution in [2.45, 2.75) is 75.3 Å². The predicted octanol–water partition coefficient (Wildman–Crippen LogP) is 3.19. The molecule has 1 aromatic carbocycles. The lowest BCUT2D eigenvalue weighted by Gasteiger charge is -2.40. The number of primary amides is 1. The van der Waals surface area contributed by atoms with E-state index >= 15 is 0 Å². The second-order valence-corrected chi connectivity index (χ2v) is 13.1. The van der Waals surface area contributed by atoms with Gasteiger partial charge in [-0.25, -0.2) is 17.2 Å². The lowest BCUT2D eigenvalue weighted by Crippen LogP contribution is -2.48. The summed E-state index contributed by atoms with van der Waals surface area (Å²) < 4.78 is 50.8. The summed E-state index contributed by atoms with van der Waals surface area (Å²) in [7, 11) is -3.49. The number of hydrogen-bond acceptors (Lipinski definition) is 5. The number of rotatable bonds is 9. The van der Waals surface area contributed by atoms with Crippen molar-refractivity contribution in [3.05, 3.63) is 35.4 Å². The van der Waals surface area contributed by atoms with E-state index < -0.39 is 33.3 Å². The summed E-state index contributed by atoms with van der Waals surface area (Å²) in [5, 5.41) is 0. The van der Waals surface area contributed by atoms with Crippen LogP contribution >= 0.6 is 0 Å². The number of carbonyl (C=O) groups excluding carboxylic acids is 2. The number of benzene rings is 1. The van der Waals surface area contributed by atoms with Crippen LogP contribution in [0.4, 0.5) is 8.78 Å². The fourth-order valence-corrected chi connectivity index (χ4v) is 6.95. The number of alkyl halides is 2. The van der Waals surface area contributed by atoms with Crippen LogP contribution in [0.1, 0.15) is 73.2 Å². The lowest BCUT2D eigenvalue weighted by atomic mass is 9.84. The highest BCUT2D eigenvalue weighted by Gasteiger charge is 2.41. The molecule has 2 heterocycles. The molecular weight excluding hydrogens is 488 g/mol. The summed E-state index contributed by atoms with van der Waals surface area (Å²) in [5.74, 6) is -3.77. The van der Waals surface area contributed by atoms with E-state index in [1.54, 1.807) is 11.0 Å². The maximum Gasteiger partial charge on any atom is 0.248 e. The molecule has 3 atom stereocenters. The predicted molar refractivity (Wildman–Crippen MR) is 134 cm³/mol. The van der Waals surface area contributed by atoms with Crippen LogP contribution in [0.3, 0.4) is 0 Å². The average Bonchev–Trinajstić information content (AvgIpc) is 3.03. The zero-order valence-corrected chi connectivity index (χ0v) is 21.7. The van der Waals surface area contributed by atoms with Gasteiger partial charge in [-0.2, -0.15) is 0 Å². The minimum Gasteiger partial charge on any atom is -0.366 e. The molecule has 2 saturated heterocycles. The van der Waals surface area contributed by atoms with Gasteiger partial charge in [-0.05, 0) is 68.1 Å². The van der Waals surface area contributed by atoms with Gasteiger partial charge < -0.3 is 10.6 Å². The van der Waals surface area contributed by atoms with Crippen LogP contribution in [-0.2, 0) is 14.6 Å². The molecule has 0 radical (unpaired) electrons. The fraction of sp³-hybridized carbons (Fsp3) is 0.692. The van der Waals surface area contributed by atoms with Crippen molar-refractivity contribution in [2.24, 2.45) is 11.7 Å². The summed E-state index contributed by atoms with van der Waals surface area (Å²) >= 11 is 0. The van der Waals surface area contributed by atoms with Crippen molar-refractivity contribution >= 4 is 21.7 Å². The van der Waals surface area contributed by atoms with Crippen molar-refractivity contribution in [2.75, 3.05) is 31.6 Å². The largest absolute Gasteiger partial charge is 0.366 e. The van der Waals surface area contributed by atoms with Crippen LogP contribution in [0.15, 0.2) is 24.3 Å². The Morgan fingerprint density at radius 1 is 1.11 bits per heavy atom. The smallest absolute Gasteiger partial charge is 0.248 e. The van der Waals surface area contributed by atoms with Gasteiger partial charge in [0.05, 0.1) is 0 Å². The Bertz CT molecular complexity index is 1060. The Balaban J connectivity index is 1.39. The molecule has 1 aliphatic carbocycles. The highest BCUT2D eigenvalue weighted by molar-refractivity contribution is 7.91. The highest BCUT2D eigenvalue weighted by Crippen LogP contribution is 2.43. The Morgan fingerprint density at radius 3 is 2.33 bits per heavy atom. The number of fused-ring (bicyclic) bond motifs is 2. The Labute approximate surface area is 212 Å². The van der Waals surface area contributed by atoms with Crippen LogP contribution < -0.4 is 5.73 Å². The quantitative estimate of drug-likeness (QED) is 0.534. The van der Waals surface area contributed by atoms with Crippen molar-refractivity contribution in [3.8, 4) is 0 Å². The summed E-state index contributed by atoms with van der Waals surface area (Å²) in [5.41, 5.74) is 7.10. The topological polar surface area (TPSA) is 101 Å². The van der Waals surface area contributed by atoms with Crippen LogP contribution in [0.5, 0.6) is 0 Å². The molecule has 1 unspecified atom stereocenters. The maximum absolute atomic E-state index is 13.6. The summed E-state index contributed by atoms with van der Waals surface area (Å²) in [6.07, 6.45) is 5.40. The number of hydrogen-bond donors (Lipinski definition) is 1. The maximum atomic E-state index is 13.6. The molecule has 2 N–H and O–H groups in total. The molecule has 3 fully saturated rings. The van der Waals surface area contributed by atoms with Gasteiger partial charge in [0.1, 0.15) is 5.75 Å². The number of nitrogens with two attached hydrogens (primary N) is 1. The molecule has 1 saturated carbocycles. The van der Waals surface area contributed by atoms with Crippen LogP contribution in [0, 0.1) is 5.92 Å². The van der Waals surface area contributed by atoms with E-state index in [9.17, 15) is 26.8 Å². The Morgan fingerprint density at radius 2 is 1.75 bits per heavy atom. The molecule has 1 aromatic rings. The van der Waals surface area contributed by atoms with Gasteiger partial charge in [0.25, 0.3) is 0 Å². The van der Waals surface area contributed by atoms with Gasteiger partial charge in [0, 0.05) is 56.4 Å². The molecule has 7 nitrogen and oxygen atoms in total. The number of piperidine rings is 1. The summed E-state index contributed by atoms with van der Waals surface area (Å²) in [4.78, 5) is 28.5. The van der Waals surface area contributed by atoms with E-state index in [4.69, 9.17) is 5.73 Å². The molecule has 10 heteroatoms. The number of amides is 2. The second-order valence-electron chi connectivity index (χ2n) is 11.0. The van der Waals surface area contributed by atoms with Crippen LogP contribution in [-0.4, -0.2) is 79.7 Å². The van der Waals surface area contributed by atoms with Crippen molar-refractivity contribution in [1.82, 2.24) is 9.80 Å². The van der Waals surface area contributed by atoms with Crippen LogP contribution in [0.2, 0.25) is 0 Å². The first-order valence-corrected chi connectivity index (χ1v) is 14.9. The van der Waals surface area contributed by atoms with Gasteiger partial charge in [-0.15, -0.1) is 0 Å². The third-order valence-electron chi connectivity index (χ3n) is 8.21. The molecule has 200 valence electrons. The molecule has 2 aliphatic heterocycles. The zero-order chi connectivity index (χ0) is 26.1. The molecule has 2 amide bonds. The third-order valence-corrected chi connectivity index (χ3v) is 8.98. The number of nitrogens with zero attached hydrogens (tertiary/aromatic N) is 2. The molecule has 3 aliphatic rings. The standard InChI is InChI=1S/C26H37F2N3O4S/c1-36(34,35)17-24(32)30(16-18-7-9-26(27,28)10-8-18)11-12-31-22-5-6-23(31)15-21(14-22)19-3-2-4-20(13-19)25(29)33/h2-4,13,18,21-23H,5-12,14-17H2,1H3,(H2,29,33)/t21?,22-,23+. The first-order chi connectivity index (χ1) is 16.9. The van der Waals surface area contributed by atoms with Crippen LogP contribution in [0.25, 0.3) is 0 Å². The number of halogens is 2. The molecule has 36 heavy (non-hydrogen) atoms. The van der Waals surface area contributed by atoms with E-state index in [0.29, 0.717) is 56.0 Å². The van der Waals surface area contributed by atoms with E-state index in [1.807, 2.05) is 18.2 Å². The zero-order valence-electron chi connectivity index (χ0n) is 20.9. The van der Waals surface area contributed by atoms with Crippen molar-refractivity contribution in [3.63, 3.8) is 0 Å². The van der Waals surface area contributed by atoms with Gasteiger partial charge in [0.15, 0.2) is 9.84 Å². The molecular formula is C26H37F2N3O4S. The number of sulfone groups is 1. The minimum atomic E-state index is -3.49. The minimum absolute atomic E-state index is 0.0341. The molecule has 2 bridgehead atoms. The Kier molecular flexibility index (Phi) is 8.04. The van der Waals surface area contributed by atoms with Gasteiger partial charge in [-0.3, -0.25) is 14.5 Å². The SMILES string of the molecule is CS(=O)(=O)CC(=O)N(CCN1[C@@H]2CC[C@H]1CC(c1cccc(C(N)=O)c1)C2)CC1CCC(F)(F)CC1. The average molecular weight is 526 g/mol. The fourth-order valence-electron chi connectivity index (χ4n) is 6.32. The molecule has 4 rings (SSSR count). The van der Waals surface area contributed by atoms with E-state index in [0.717, 1.165) is 37.5 Å². The summed E-state index contributed by atoms with van der Waals surface area (Å²) in [6, 6.07) is 8.24. The molecule has 0 spiro atoms. The monoisotopic (exact) mass is 525 g/mol. The van der Waals surface area contributed by atoms with E-state index in [1.165, 1.54) is 0 Å². The third kappa shape index (κ3) is 6.82. The van der Waals surface area contributed by atoms with E-state index in [2.05, 4.69) is 4.90 Å². The highest BCUT2D eigenvalue weighted by atomic mass is 32.2. The van der Waals surface area contributed by atoms with E-state index in [-0.39, 0.29) is 18.8 Å². The number of carbonyl (C=O) groups is 2. The lowest BCUT2D eigenvalue weighted by molar-refractivity contribution is -0.130. The van der Waals surface area contributed by atoms with Gasteiger partial charge >= 0.3 is 0 Å². The summed E-state index contributed by atoms with van der Waals surface area (Å²) in [6.45, 7) is 1.37. The van der Waals surface area contributed by atoms with Crippen molar-refractivity contribution in [1.29, 1.82) is 0 Å². The first kappa shape index (κ1) is 27.0. The van der Waals surface area contributed by atoms with Crippen molar-refractivity contribution < 1.29 is 26.8 Å².